The molecule has 1 saturated heterocycles. The summed E-state index contributed by atoms with van der Waals surface area (Å²) < 4.78 is 27.2. The van der Waals surface area contributed by atoms with E-state index in [1.54, 1.807) is 30.6 Å². The molecule has 11 heteroatoms. The van der Waals surface area contributed by atoms with Crippen LogP contribution in [-0.4, -0.2) is 55.0 Å². The maximum absolute atomic E-state index is 12.9. The van der Waals surface area contributed by atoms with Crippen molar-refractivity contribution in [2.75, 3.05) is 31.1 Å². The Labute approximate surface area is 160 Å². The minimum absolute atomic E-state index is 0.217. The maximum Gasteiger partial charge on any atom is 0.286 e. The van der Waals surface area contributed by atoms with Crippen molar-refractivity contribution in [3.63, 3.8) is 0 Å². The van der Waals surface area contributed by atoms with Gasteiger partial charge in [-0.05, 0) is 24.6 Å². The lowest BCUT2D eigenvalue weighted by molar-refractivity contribution is 0.0710. The van der Waals surface area contributed by atoms with Gasteiger partial charge in [0.1, 0.15) is 4.88 Å². The fraction of sp³-hybridized carbons (Fsp3) is 0.333. The van der Waals surface area contributed by atoms with Gasteiger partial charge in [0, 0.05) is 31.2 Å². The number of anilines is 1. The van der Waals surface area contributed by atoms with E-state index in [-0.39, 0.29) is 9.77 Å². The predicted octanol–water partition coefficient (Wildman–Crippen LogP) is 1.73. The number of hydrogen-bond acceptors (Lipinski definition) is 7. The molecule has 0 atom stereocenters. The van der Waals surface area contributed by atoms with Gasteiger partial charge in [-0.2, -0.15) is 4.31 Å². The monoisotopic (exact) mass is 416 g/mol. The van der Waals surface area contributed by atoms with Crippen molar-refractivity contribution < 1.29 is 18.4 Å². The smallest absolute Gasteiger partial charge is 0.286 e. The van der Waals surface area contributed by atoms with Crippen LogP contribution in [0.15, 0.2) is 29.3 Å². The summed E-state index contributed by atoms with van der Waals surface area (Å²) in [6, 6.07) is 4.85. The number of carbonyl (C=O) groups excluding carboxylic acids is 1. The molecule has 0 bridgehead atoms. The summed E-state index contributed by atoms with van der Waals surface area (Å²) in [6.45, 7) is 3.19. The zero-order valence-corrected chi connectivity index (χ0v) is 16.2. The fourth-order valence-electron chi connectivity index (χ4n) is 2.70. The summed E-state index contributed by atoms with van der Waals surface area (Å²) in [5, 5.41) is 9.69. The lowest BCUT2D eigenvalue weighted by atomic mass is 10.2. The van der Waals surface area contributed by atoms with E-state index in [4.69, 9.17) is 16.8 Å². The van der Waals surface area contributed by atoms with Crippen LogP contribution in [0.5, 0.6) is 0 Å². The van der Waals surface area contributed by atoms with Crippen molar-refractivity contribution in [3.8, 4) is 0 Å². The Bertz CT molecular complexity index is 923. The van der Waals surface area contributed by atoms with Crippen LogP contribution in [0.4, 0.5) is 5.13 Å². The number of sulfonamides is 1. The van der Waals surface area contributed by atoms with Gasteiger partial charge in [-0.15, -0.1) is 0 Å². The number of rotatable bonds is 4. The lowest BCUT2D eigenvalue weighted by Crippen LogP contribution is -2.48. The van der Waals surface area contributed by atoms with Crippen LogP contribution in [0.3, 0.4) is 0 Å². The van der Waals surface area contributed by atoms with Gasteiger partial charge in [-0.25, -0.2) is 18.9 Å². The molecule has 2 N–H and O–H groups in total. The van der Waals surface area contributed by atoms with Gasteiger partial charge in [0.05, 0.1) is 11.1 Å². The largest absolute Gasteiger partial charge is 0.345 e. The normalized spacial score (nSPS) is 15.9. The third-order valence-corrected chi connectivity index (χ3v) is 7.67. The van der Waals surface area contributed by atoms with Gasteiger partial charge in [-0.3, -0.25) is 10.0 Å². The summed E-state index contributed by atoms with van der Waals surface area (Å²) in [5.74, 6) is -0.619. The number of nitrogens with one attached hydrogen (secondary N) is 1. The van der Waals surface area contributed by atoms with Gasteiger partial charge < -0.3 is 4.90 Å². The van der Waals surface area contributed by atoms with Crippen molar-refractivity contribution in [3.05, 3.63) is 39.9 Å². The summed E-state index contributed by atoms with van der Waals surface area (Å²) in [6.07, 6.45) is 1.38. The van der Waals surface area contributed by atoms with Crippen molar-refractivity contribution in [1.29, 1.82) is 0 Å². The van der Waals surface area contributed by atoms with Crippen LogP contribution in [0, 0.1) is 6.92 Å². The van der Waals surface area contributed by atoms with Crippen molar-refractivity contribution in [1.82, 2.24) is 14.8 Å². The van der Waals surface area contributed by atoms with Crippen molar-refractivity contribution in [2.45, 2.75) is 11.8 Å². The first-order chi connectivity index (χ1) is 12.3. The molecule has 140 valence electrons. The van der Waals surface area contributed by atoms with E-state index in [0.717, 1.165) is 11.3 Å². The van der Waals surface area contributed by atoms with Crippen LogP contribution < -0.4 is 10.4 Å². The number of hydrogen-bond donors (Lipinski definition) is 2. The van der Waals surface area contributed by atoms with Crippen LogP contribution in [0.25, 0.3) is 0 Å². The number of benzene rings is 1. The topological polar surface area (TPSA) is 103 Å². The first kappa shape index (κ1) is 19.1. The molecule has 2 aromatic rings. The number of carbonyl (C=O) groups is 1. The van der Waals surface area contributed by atoms with E-state index < -0.39 is 15.9 Å². The van der Waals surface area contributed by atoms with E-state index in [1.165, 1.54) is 10.5 Å². The maximum atomic E-state index is 12.9. The average molecular weight is 417 g/mol. The van der Waals surface area contributed by atoms with Gasteiger partial charge in [0.15, 0.2) is 5.13 Å². The molecule has 0 spiro atoms. The van der Waals surface area contributed by atoms with Crippen molar-refractivity contribution >= 4 is 44.0 Å². The molecule has 1 aromatic carbocycles. The molecule has 1 aliphatic heterocycles. The number of amides is 1. The number of nitrogens with zero attached hydrogens (tertiary/aromatic N) is 3. The summed E-state index contributed by atoms with van der Waals surface area (Å²) in [7, 11) is -3.62. The molecule has 1 amide bonds. The minimum atomic E-state index is -3.62. The Morgan fingerprint density at radius 1 is 1.31 bits per heavy atom. The molecule has 8 nitrogen and oxygen atoms in total. The third-order valence-electron chi connectivity index (χ3n) is 4.16. The van der Waals surface area contributed by atoms with Crippen LogP contribution in [0.1, 0.15) is 15.2 Å². The van der Waals surface area contributed by atoms with Crippen molar-refractivity contribution in [2.24, 2.45) is 0 Å². The zero-order chi connectivity index (χ0) is 18.9. The molecule has 1 aromatic heterocycles. The standard InChI is InChI=1S/C15H17ClN4O4S2/c1-10-11(16)3-2-4-13(10)26(23,24)20-7-5-19(6-8-20)15-17-9-12(25-15)14(21)18-22/h2-4,9,22H,5-8H2,1H3,(H,18,21). The number of aromatic nitrogens is 1. The molecule has 2 heterocycles. The average Bonchev–Trinajstić information content (AvgIpc) is 3.13. The predicted molar refractivity (Wildman–Crippen MR) is 98.5 cm³/mol. The second kappa shape index (κ2) is 7.49. The van der Waals surface area contributed by atoms with Crippen LogP contribution in [-0.2, 0) is 10.0 Å². The van der Waals surface area contributed by atoms with E-state index >= 15 is 0 Å². The van der Waals surface area contributed by atoms with E-state index in [0.29, 0.717) is 41.9 Å². The Hall–Kier alpha value is -1.72. The SMILES string of the molecule is Cc1c(Cl)cccc1S(=O)(=O)N1CCN(c2ncc(C(=O)NO)s2)CC1. The fourth-order valence-corrected chi connectivity index (χ4v) is 5.45. The number of piperazine rings is 1. The number of thiazole rings is 1. The summed E-state index contributed by atoms with van der Waals surface area (Å²) >= 11 is 7.19. The second-order valence-electron chi connectivity index (χ2n) is 5.70. The molecule has 1 fully saturated rings. The third kappa shape index (κ3) is 3.55. The van der Waals surface area contributed by atoms with Gasteiger partial charge in [0.2, 0.25) is 10.0 Å². The Balaban J connectivity index is 1.73. The van der Waals surface area contributed by atoms with Gasteiger partial charge in [0.25, 0.3) is 5.91 Å². The van der Waals surface area contributed by atoms with Crippen LogP contribution in [0.2, 0.25) is 5.02 Å². The quantitative estimate of drug-likeness (QED) is 0.581. The van der Waals surface area contributed by atoms with E-state index in [1.807, 2.05) is 4.90 Å². The van der Waals surface area contributed by atoms with E-state index in [2.05, 4.69) is 4.98 Å². The second-order valence-corrected chi connectivity index (χ2v) is 9.02. The summed E-state index contributed by atoms with van der Waals surface area (Å²) in [5.41, 5.74) is 2.11. The molecule has 26 heavy (non-hydrogen) atoms. The first-order valence-corrected chi connectivity index (χ1v) is 10.4. The highest BCUT2D eigenvalue weighted by Gasteiger charge is 2.31. The zero-order valence-electron chi connectivity index (χ0n) is 13.8. The number of halogens is 1. The van der Waals surface area contributed by atoms with Gasteiger partial charge >= 0.3 is 0 Å². The molecule has 0 unspecified atom stereocenters. The molecule has 0 radical (unpaired) electrons. The summed E-state index contributed by atoms with van der Waals surface area (Å²) in [4.78, 5) is 18.0. The Morgan fingerprint density at radius 2 is 2.00 bits per heavy atom. The molecular formula is C15H17ClN4O4S2. The Morgan fingerprint density at radius 3 is 2.65 bits per heavy atom. The molecule has 3 rings (SSSR count). The van der Waals surface area contributed by atoms with Gasteiger partial charge in [-0.1, -0.05) is 29.0 Å². The number of hydroxylamine groups is 1. The van der Waals surface area contributed by atoms with E-state index in [9.17, 15) is 13.2 Å². The highest BCUT2D eigenvalue weighted by Crippen LogP contribution is 2.28. The highest BCUT2D eigenvalue weighted by atomic mass is 35.5. The Kier molecular flexibility index (Phi) is 5.49. The molecule has 0 aliphatic carbocycles. The molecule has 1 aliphatic rings. The highest BCUT2D eigenvalue weighted by molar-refractivity contribution is 7.89. The first-order valence-electron chi connectivity index (χ1n) is 7.75. The lowest BCUT2D eigenvalue weighted by Gasteiger charge is -2.34. The minimum Gasteiger partial charge on any atom is -0.345 e. The van der Waals surface area contributed by atoms with Crippen LogP contribution >= 0.6 is 22.9 Å². The molecular weight excluding hydrogens is 400 g/mol. The molecule has 0 saturated carbocycles.